The van der Waals surface area contributed by atoms with E-state index in [0.717, 1.165) is 32.1 Å². The summed E-state index contributed by atoms with van der Waals surface area (Å²) in [4.78, 5) is 6.94. The molecule has 0 aromatic heterocycles. The van der Waals surface area contributed by atoms with Gasteiger partial charge in [0, 0.05) is 44.0 Å². The summed E-state index contributed by atoms with van der Waals surface area (Å²) in [6.07, 6.45) is 4.48. The molecule has 0 saturated carbocycles. The minimum absolute atomic E-state index is 0. The molecule has 2 N–H and O–H groups in total. The van der Waals surface area contributed by atoms with E-state index in [1.165, 1.54) is 24.0 Å². The van der Waals surface area contributed by atoms with Gasteiger partial charge in [-0.05, 0) is 45.4 Å². The van der Waals surface area contributed by atoms with Crippen molar-refractivity contribution in [1.29, 1.82) is 0 Å². The molecule has 1 heterocycles. The lowest BCUT2D eigenvalue weighted by molar-refractivity contribution is 0.198. The molecule has 0 aliphatic carbocycles. The monoisotopic (exact) mass is 490 g/mol. The second-order valence-electron chi connectivity index (χ2n) is 7.57. The Labute approximate surface area is 181 Å². The van der Waals surface area contributed by atoms with E-state index in [4.69, 9.17) is 0 Å². The fourth-order valence-corrected chi connectivity index (χ4v) is 3.28. The number of nitrogens with zero attached hydrogens (tertiary/aromatic N) is 2. The fraction of sp³-hybridized carbons (Fsp3) is 0.650. The maximum atomic E-state index is 4.39. The summed E-state index contributed by atoms with van der Waals surface area (Å²) in [5, 5.41) is 7.07. The van der Waals surface area contributed by atoms with Crippen molar-refractivity contribution in [2.45, 2.75) is 50.9 Å². The van der Waals surface area contributed by atoms with Crippen molar-refractivity contribution in [3.05, 3.63) is 35.4 Å². The molecular formula is C20H35IN4S. The van der Waals surface area contributed by atoms with Gasteiger partial charge in [0.1, 0.15) is 0 Å². The number of rotatable bonds is 6. The van der Waals surface area contributed by atoms with Crippen LogP contribution in [0.2, 0.25) is 0 Å². The standard InChI is InChI=1S/C20H34N4S.HI/c1-16-7-6-8-17(13-16)14-24-11-9-18(10-12-24)23-19(21-4)22-15-20(2,3)25-5;/h6-8,13,18H,9-12,14-15H2,1-5H3,(H2,21,22,23);1H. The van der Waals surface area contributed by atoms with Crippen molar-refractivity contribution < 1.29 is 0 Å². The van der Waals surface area contributed by atoms with Crippen LogP contribution in [-0.4, -0.2) is 54.6 Å². The van der Waals surface area contributed by atoms with Crippen molar-refractivity contribution >= 4 is 41.7 Å². The van der Waals surface area contributed by atoms with Gasteiger partial charge in [0.25, 0.3) is 0 Å². The normalized spacial score (nSPS) is 16.9. The molecule has 0 bridgehead atoms. The second-order valence-corrected chi connectivity index (χ2v) is 9.09. The van der Waals surface area contributed by atoms with Gasteiger partial charge in [-0.2, -0.15) is 11.8 Å². The second kappa shape index (κ2) is 11.4. The Morgan fingerprint density at radius 1 is 1.31 bits per heavy atom. The first kappa shape index (κ1) is 23.6. The summed E-state index contributed by atoms with van der Waals surface area (Å²) in [5.41, 5.74) is 2.76. The van der Waals surface area contributed by atoms with Crippen molar-refractivity contribution in [3.63, 3.8) is 0 Å². The molecule has 2 rings (SSSR count). The van der Waals surface area contributed by atoms with Gasteiger partial charge in [-0.25, -0.2) is 0 Å². The first-order valence-electron chi connectivity index (χ1n) is 9.22. The number of nitrogens with one attached hydrogen (secondary N) is 2. The first-order valence-corrected chi connectivity index (χ1v) is 10.4. The van der Waals surface area contributed by atoms with Crippen molar-refractivity contribution in [2.75, 3.05) is 32.9 Å². The third-order valence-electron chi connectivity index (χ3n) is 4.87. The number of thioether (sulfide) groups is 1. The number of hydrogen-bond acceptors (Lipinski definition) is 3. The molecule has 1 aromatic rings. The molecule has 6 heteroatoms. The Hall–Kier alpha value is -0.470. The highest BCUT2D eigenvalue weighted by Crippen LogP contribution is 2.19. The fourth-order valence-electron chi connectivity index (χ4n) is 3.06. The summed E-state index contributed by atoms with van der Waals surface area (Å²) in [6.45, 7) is 10.9. The van der Waals surface area contributed by atoms with E-state index in [-0.39, 0.29) is 28.7 Å². The van der Waals surface area contributed by atoms with Crippen LogP contribution in [0.1, 0.15) is 37.8 Å². The Balaban J connectivity index is 0.00000338. The lowest BCUT2D eigenvalue weighted by Gasteiger charge is -2.33. The van der Waals surface area contributed by atoms with Crippen molar-refractivity contribution in [3.8, 4) is 0 Å². The quantitative estimate of drug-likeness (QED) is 0.361. The molecule has 0 unspecified atom stereocenters. The van der Waals surface area contributed by atoms with Crippen LogP contribution in [0.5, 0.6) is 0 Å². The lowest BCUT2D eigenvalue weighted by atomic mass is 10.0. The highest BCUT2D eigenvalue weighted by Gasteiger charge is 2.21. The number of benzene rings is 1. The predicted molar refractivity (Wildman–Crippen MR) is 127 cm³/mol. The van der Waals surface area contributed by atoms with E-state index in [2.05, 4.69) is 71.8 Å². The third-order valence-corrected chi connectivity index (χ3v) is 6.12. The van der Waals surface area contributed by atoms with Crippen molar-refractivity contribution in [2.24, 2.45) is 4.99 Å². The lowest BCUT2D eigenvalue weighted by Crippen LogP contribution is -2.50. The summed E-state index contributed by atoms with van der Waals surface area (Å²) < 4.78 is 0.217. The zero-order valence-corrected chi connectivity index (χ0v) is 20.0. The van der Waals surface area contributed by atoms with Crippen molar-refractivity contribution in [1.82, 2.24) is 15.5 Å². The smallest absolute Gasteiger partial charge is 0.191 e. The Morgan fingerprint density at radius 2 is 2.00 bits per heavy atom. The van der Waals surface area contributed by atoms with Gasteiger partial charge in [0.15, 0.2) is 5.96 Å². The van der Waals surface area contributed by atoms with Gasteiger partial charge in [0.2, 0.25) is 0 Å². The molecule has 1 aromatic carbocycles. The molecule has 1 aliphatic rings. The molecule has 0 radical (unpaired) electrons. The molecular weight excluding hydrogens is 455 g/mol. The minimum atomic E-state index is 0. The molecule has 0 spiro atoms. The SMILES string of the molecule is CN=C(NCC(C)(C)SC)NC1CCN(Cc2cccc(C)c2)CC1.I. The number of likely N-dealkylation sites (tertiary alicyclic amines) is 1. The Kier molecular flexibility index (Phi) is 10.3. The van der Waals surface area contributed by atoms with E-state index >= 15 is 0 Å². The van der Waals surface area contributed by atoms with Crippen LogP contribution in [-0.2, 0) is 6.54 Å². The Morgan fingerprint density at radius 3 is 2.58 bits per heavy atom. The summed E-state index contributed by atoms with van der Waals surface area (Å²) in [7, 11) is 1.86. The number of guanidine groups is 1. The van der Waals surface area contributed by atoms with Gasteiger partial charge < -0.3 is 10.6 Å². The van der Waals surface area contributed by atoms with E-state index in [9.17, 15) is 0 Å². The zero-order chi connectivity index (χ0) is 18.3. The first-order chi connectivity index (χ1) is 11.9. The third kappa shape index (κ3) is 8.05. The van der Waals surface area contributed by atoms with Gasteiger partial charge in [0.05, 0.1) is 0 Å². The molecule has 1 saturated heterocycles. The summed E-state index contributed by atoms with van der Waals surface area (Å²) >= 11 is 1.88. The zero-order valence-electron chi connectivity index (χ0n) is 16.8. The number of hydrogen-bond donors (Lipinski definition) is 2. The minimum Gasteiger partial charge on any atom is -0.355 e. The molecule has 4 nitrogen and oxygen atoms in total. The molecule has 0 atom stereocenters. The van der Waals surface area contributed by atoms with Gasteiger partial charge in [-0.3, -0.25) is 9.89 Å². The van der Waals surface area contributed by atoms with E-state index < -0.39 is 0 Å². The summed E-state index contributed by atoms with van der Waals surface area (Å²) in [6, 6.07) is 9.36. The molecule has 148 valence electrons. The van der Waals surface area contributed by atoms with Crippen LogP contribution in [0.15, 0.2) is 29.3 Å². The van der Waals surface area contributed by atoms with Crippen LogP contribution in [0.25, 0.3) is 0 Å². The largest absolute Gasteiger partial charge is 0.355 e. The highest BCUT2D eigenvalue weighted by atomic mass is 127. The number of aryl methyl sites for hydroxylation is 1. The highest BCUT2D eigenvalue weighted by molar-refractivity contribution is 14.0. The predicted octanol–water partition coefficient (Wildman–Crippen LogP) is 3.88. The number of piperidine rings is 1. The van der Waals surface area contributed by atoms with Crippen LogP contribution < -0.4 is 10.6 Å². The number of halogens is 1. The number of aliphatic imine (C=N–C) groups is 1. The molecule has 1 aliphatic heterocycles. The molecule has 26 heavy (non-hydrogen) atoms. The van der Waals surface area contributed by atoms with E-state index in [1.807, 2.05) is 18.8 Å². The van der Waals surface area contributed by atoms with Crippen LogP contribution in [0.3, 0.4) is 0 Å². The Bertz CT molecular complexity index is 569. The average Bonchev–Trinajstić information content (AvgIpc) is 2.60. The summed E-state index contributed by atoms with van der Waals surface area (Å²) in [5.74, 6) is 0.930. The van der Waals surface area contributed by atoms with Crippen LogP contribution >= 0.6 is 35.7 Å². The average molecular weight is 490 g/mol. The van der Waals surface area contributed by atoms with Crippen LogP contribution in [0.4, 0.5) is 0 Å². The van der Waals surface area contributed by atoms with E-state index in [0.29, 0.717) is 6.04 Å². The van der Waals surface area contributed by atoms with Gasteiger partial charge >= 0.3 is 0 Å². The van der Waals surface area contributed by atoms with E-state index in [1.54, 1.807) is 0 Å². The van der Waals surface area contributed by atoms with Crippen LogP contribution in [0, 0.1) is 6.92 Å². The topological polar surface area (TPSA) is 39.7 Å². The van der Waals surface area contributed by atoms with Gasteiger partial charge in [-0.15, -0.1) is 24.0 Å². The maximum Gasteiger partial charge on any atom is 0.191 e. The molecule has 0 amide bonds. The maximum absolute atomic E-state index is 4.39. The molecule has 1 fully saturated rings. The van der Waals surface area contributed by atoms with Gasteiger partial charge in [-0.1, -0.05) is 29.8 Å².